The van der Waals surface area contributed by atoms with Gasteiger partial charge >= 0.3 is 0 Å². The van der Waals surface area contributed by atoms with Crippen LogP contribution in [0, 0.1) is 11.8 Å². The van der Waals surface area contributed by atoms with Crippen LogP contribution in [-0.4, -0.2) is 68.4 Å². The van der Waals surface area contributed by atoms with Gasteiger partial charge < -0.3 is 29.2 Å². The molecule has 6 rings (SSSR count). The van der Waals surface area contributed by atoms with Gasteiger partial charge in [0.15, 0.2) is 0 Å². The number of nitrogens with zero attached hydrogens (tertiary/aromatic N) is 4. The Morgan fingerprint density at radius 3 is 2.27 bits per heavy atom. The summed E-state index contributed by atoms with van der Waals surface area (Å²) < 4.78 is 11.8. The fourth-order valence-electron chi connectivity index (χ4n) is 7.40. The van der Waals surface area contributed by atoms with Crippen molar-refractivity contribution in [3.8, 4) is 28.1 Å². The molecule has 0 radical (unpaired) electrons. The number of methoxy groups -OCH3 is 1. The van der Waals surface area contributed by atoms with Gasteiger partial charge in [0, 0.05) is 44.0 Å². The van der Waals surface area contributed by atoms with Crippen LogP contribution in [0.3, 0.4) is 0 Å². The molecule has 3 heterocycles. The zero-order valence-corrected chi connectivity index (χ0v) is 32.0. The van der Waals surface area contributed by atoms with E-state index in [2.05, 4.69) is 80.1 Å². The van der Waals surface area contributed by atoms with Gasteiger partial charge in [-0.2, -0.15) is 0 Å². The molecule has 0 unspecified atom stereocenters. The Kier molecular flexibility index (Phi) is 11.3. The largest absolute Gasteiger partial charge is 0.488 e. The molecular formula is C42H54N6O4. The molecule has 0 aliphatic carbocycles. The van der Waals surface area contributed by atoms with Crippen molar-refractivity contribution in [2.24, 2.45) is 11.8 Å². The second-order valence-corrected chi connectivity index (χ2v) is 14.9. The Balaban J connectivity index is 1.27. The van der Waals surface area contributed by atoms with Crippen LogP contribution in [0.5, 0.6) is 5.75 Å². The number of benzene rings is 3. The average molecular weight is 707 g/mol. The number of aromatic amines is 2. The van der Waals surface area contributed by atoms with Crippen molar-refractivity contribution >= 4 is 33.6 Å². The molecule has 10 heteroatoms. The van der Waals surface area contributed by atoms with Crippen molar-refractivity contribution in [3.63, 3.8) is 0 Å². The molecule has 3 atom stereocenters. The van der Waals surface area contributed by atoms with Gasteiger partial charge in [0.25, 0.3) is 0 Å². The summed E-state index contributed by atoms with van der Waals surface area (Å²) in [4.78, 5) is 46.9. The van der Waals surface area contributed by atoms with E-state index in [4.69, 9.17) is 19.4 Å². The summed E-state index contributed by atoms with van der Waals surface area (Å²) in [5, 5.41) is 2.09. The van der Waals surface area contributed by atoms with E-state index >= 15 is 0 Å². The van der Waals surface area contributed by atoms with Crippen molar-refractivity contribution in [2.75, 3.05) is 26.8 Å². The Labute approximate surface area is 307 Å². The van der Waals surface area contributed by atoms with Crippen molar-refractivity contribution in [1.82, 2.24) is 29.7 Å². The van der Waals surface area contributed by atoms with E-state index in [1.54, 1.807) is 7.11 Å². The molecule has 0 fully saturated rings. The number of hydrogen-bond donors (Lipinski definition) is 2. The van der Waals surface area contributed by atoms with Crippen LogP contribution in [0.2, 0.25) is 0 Å². The fourth-order valence-corrected chi connectivity index (χ4v) is 7.40. The molecule has 0 saturated carbocycles. The van der Waals surface area contributed by atoms with Crippen molar-refractivity contribution < 1.29 is 19.1 Å². The molecule has 0 spiro atoms. The number of carbonyl (C=O) groups is 2. The number of rotatable bonds is 15. The zero-order valence-electron chi connectivity index (χ0n) is 32.0. The van der Waals surface area contributed by atoms with Crippen molar-refractivity contribution in [1.29, 1.82) is 0 Å². The molecular weight excluding hydrogens is 652 g/mol. The zero-order chi connectivity index (χ0) is 37.1. The molecule has 52 heavy (non-hydrogen) atoms. The lowest BCUT2D eigenvalue weighted by Crippen LogP contribution is -2.38. The summed E-state index contributed by atoms with van der Waals surface area (Å²) in [6.45, 7) is 16.9. The third-order valence-corrected chi connectivity index (χ3v) is 10.1. The van der Waals surface area contributed by atoms with Gasteiger partial charge in [0.2, 0.25) is 11.8 Å². The Morgan fingerprint density at radius 2 is 1.58 bits per heavy atom. The highest BCUT2D eigenvalue weighted by Gasteiger charge is 2.27. The third kappa shape index (κ3) is 7.58. The average Bonchev–Trinajstić information content (AvgIpc) is 3.80. The van der Waals surface area contributed by atoms with Crippen molar-refractivity contribution in [2.45, 2.75) is 92.8 Å². The fraction of sp³-hybridized carbons (Fsp3) is 0.476. The minimum Gasteiger partial charge on any atom is -0.488 e. The molecule has 10 nitrogen and oxygen atoms in total. The van der Waals surface area contributed by atoms with Crippen LogP contribution < -0.4 is 4.74 Å². The normalized spacial score (nSPS) is 14.2. The van der Waals surface area contributed by atoms with Crippen LogP contribution in [0.4, 0.5) is 0 Å². The summed E-state index contributed by atoms with van der Waals surface area (Å²) in [5.41, 5.74) is 7.02. The Hall–Kier alpha value is -4.70. The molecule has 1 aliphatic rings. The number of fused-ring (bicyclic) bond motifs is 6. The van der Waals surface area contributed by atoms with Crippen LogP contribution >= 0.6 is 0 Å². The topological polar surface area (TPSA) is 116 Å². The van der Waals surface area contributed by atoms with E-state index in [1.807, 2.05) is 36.8 Å². The number of hydrogen-bond acceptors (Lipinski definition) is 6. The van der Waals surface area contributed by atoms with Crippen LogP contribution in [0.15, 0.2) is 48.7 Å². The smallest absolute Gasteiger partial charge is 0.223 e. The highest BCUT2D eigenvalue weighted by Crippen LogP contribution is 2.43. The van der Waals surface area contributed by atoms with E-state index in [0.717, 1.165) is 80.0 Å². The highest BCUT2D eigenvalue weighted by molar-refractivity contribution is 6.07. The van der Waals surface area contributed by atoms with Gasteiger partial charge in [-0.05, 0) is 84.9 Å². The van der Waals surface area contributed by atoms with Crippen LogP contribution in [0.25, 0.3) is 44.2 Å². The predicted molar refractivity (Wildman–Crippen MR) is 207 cm³/mol. The van der Waals surface area contributed by atoms with Gasteiger partial charge in [-0.3, -0.25) is 9.59 Å². The first-order valence-corrected chi connectivity index (χ1v) is 18.9. The quantitative estimate of drug-likeness (QED) is 0.112. The summed E-state index contributed by atoms with van der Waals surface area (Å²) in [7, 11) is 1.69. The molecule has 3 aromatic carbocycles. The summed E-state index contributed by atoms with van der Waals surface area (Å²) in [6.07, 6.45) is 4.51. The lowest BCUT2D eigenvalue weighted by atomic mass is 9.92. The van der Waals surface area contributed by atoms with E-state index in [1.165, 1.54) is 0 Å². The molecule has 2 N–H and O–H groups in total. The summed E-state index contributed by atoms with van der Waals surface area (Å²) in [6, 6.07) is 14.6. The number of aromatic nitrogens is 4. The molecule has 0 saturated heterocycles. The number of imidazole rings is 2. The monoisotopic (exact) mass is 706 g/mol. The molecule has 5 aromatic rings. The molecule has 1 aliphatic heterocycles. The lowest BCUT2D eigenvalue weighted by Gasteiger charge is -2.30. The SMILES string of the molecule is CCCC(=O)N(C[C@H](C)COC)[C@@H](C)c1ncc(-c2ccc3c(c2)COc2cc4c(ccc5[nH]c([C@H](C)N(CC(C)C)C(=O)CCC)nc54)cc2-3)[nH]1. The second-order valence-electron chi connectivity index (χ2n) is 14.9. The maximum Gasteiger partial charge on any atom is 0.223 e. The Bertz CT molecular complexity index is 2050. The molecule has 2 aromatic heterocycles. The Morgan fingerprint density at radius 1 is 0.865 bits per heavy atom. The van der Waals surface area contributed by atoms with Crippen molar-refractivity contribution in [3.05, 3.63) is 65.9 Å². The molecule has 0 bridgehead atoms. The minimum absolute atomic E-state index is 0.128. The first-order valence-electron chi connectivity index (χ1n) is 18.9. The molecule has 2 amide bonds. The maximum atomic E-state index is 13.1. The van der Waals surface area contributed by atoms with Crippen LogP contribution in [-0.2, 0) is 20.9 Å². The van der Waals surface area contributed by atoms with E-state index < -0.39 is 0 Å². The van der Waals surface area contributed by atoms with Crippen LogP contribution in [0.1, 0.15) is 103 Å². The standard InChI is InChI=1S/C42H54N6O4/c1-9-11-38(49)47(21-25(3)4)28(7)42-44-35-16-14-29-18-34-32-15-13-30(17-31(32)24-52-37(34)19-33(29)40(35)46-42)36-20-43-41(45-36)27(6)48(39(50)12-10-2)22-26(5)23-51-8/h13-20,25-28H,9-12,21-24H2,1-8H3,(H,43,45)(H,44,46)/t26-,27-,28-/m0/s1. The van der Waals surface area contributed by atoms with Gasteiger partial charge in [-0.25, -0.2) is 9.97 Å². The molecule has 276 valence electrons. The van der Waals surface area contributed by atoms with E-state index in [-0.39, 0.29) is 29.8 Å². The van der Waals surface area contributed by atoms with Gasteiger partial charge in [-0.15, -0.1) is 0 Å². The van der Waals surface area contributed by atoms with Gasteiger partial charge in [0.05, 0.1) is 41.6 Å². The maximum absolute atomic E-state index is 13.1. The third-order valence-electron chi connectivity index (χ3n) is 10.1. The second kappa shape index (κ2) is 15.9. The first kappa shape index (κ1) is 37.1. The number of amides is 2. The lowest BCUT2D eigenvalue weighted by molar-refractivity contribution is -0.135. The highest BCUT2D eigenvalue weighted by atomic mass is 16.5. The first-order chi connectivity index (χ1) is 25.0. The number of nitrogens with one attached hydrogen (secondary N) is 2. The predicted octanol–water partition coefficient (Wildman–Crippen LogP) is 8.98. The number of H-pyrrole nitrogens is 2. The van der Waals surface area contributed by atoms with Gasteiger partial charge in [0.1, 0.15) is 24.0 Å². The summed E-state index contributed by atoms with van der Waals surface area (Å²) >= 11 is 0. The number of ether oxygens (including phenoxy) is 2. The minimum atomic E-state index is -0.198. The van der Waals surface area contributed by atoms with E-state index in [0.29, 0.717) is 45.1 Å². The van der Waals surface area contributed by atoms with E-state index in [9.17, 15) is 9.59 Å². The summed E-state index contributed by atoms with van der Waals surface area (Å²) in [5.74, 6) is 3.24. The number of carbonyl (C=O) groups excluding carboxylic acids is 2. The van der Waals surface area contributed by atoms with Gasteiger partial charge in [-0.1, -0.05) is 52.8 Å².